The number of carbonyl (C=O) groups excluding carboxylic acids is 2. The van der Waals surface area contributed by atoms with E-state index in [1.807, 2.05) is 0 Å². The van der Waals surface area contributed by atoms with Gasteiger partial charge >= 0.3 is 5.69 Å². The maximum Gasteiger partial charge on any atom is 0.344 e. The Morgan fingerprint density at radius 2 is 2.23 bits per heavy atom. The van der Waals surface area contributed by atoms with Crippen molar-refractivity contribution in [3.8, 4) is 5.82 Å². The zero-order chi connectivity index (χ0) is 16.3. The third-order valence-electron chi connectivity index (χ3n) is 2.82. The molecule has 0 atom stereocenters. The van der Waals surface area contributed by atoms with Gasteiger partial charge in [0, 0.05) is 20.3 Å². The quantitative estimate of drug-likeness (QED) is 0.475. The second-order valence-electron chi connectivity index (χ2n) is 4.17. The molecule has 0 saturated carbocycles. The molecule has 0 aliphatic heterocycles. The molecule has 0 bridgehead atoms. The lowest BCUT2D eigenvalue weighted by Crippen LogP contribution is -2.20. The smallest absolute Gasteiger partial charge is 0.344 e. The number of aromatic nitrogens is 3. The van der Waals surface area contributed by atoms with Crippen LogP contribution >= 0.6 is 0 Å². The zero-order valence-corrected chi connectivity index (χ0v) is 11.8. The summed E-state index contributed by atoms with van der Waals surface area (Å²) in [5.74, 6) is -0.649. The first kappa shape index (κ1) is 15.1. The number of carbonyl (C=O) groups is 2. The normalized spacial score (nSPS) is 10.1. The average molecular weight is 304 g/mol. The average Bonchev–Trinajstić information content (AvgIpc) is 2.94. The van der Waals surface area contributed by atoms with E-state index in [0.29, 0.717) is 6.41 Å². The highest BCUT2D eigenvalue weighted by molar-refractivity contribution is 5.99. The molecular formula is C12H12N6O4. The molecule has 0 fully saturated rings. The topological polar surface area (TPSA) is 123 Å². The Labute approximate surface area is 124 Å². The monoisotopic (exact) mass is 304 g/mol. The molecule has 10 heteroatoms. The van der Waals surface area contributed by atoms with Gasteiger partial charge in [0.05, 0.1) is 4.92 Å². The van der Waals surface area contributed by atoms with Crippen molar-refractivity contribution in [1.29, 1.82) is 0 Å². The van der Waals surface area contributed by atoms with Crippen molar-refractivity contribution in [3.63, 3.8) is 0 Å². The van der Waals surface area contributed by atoms with Crippen LogP contribution in [0.25, 0.3) is 5.82 Å². The summed E-state index contributed by atoms with van der Waals surface area (Å²) in [6.07, 6.45) is 1.85. The molecule has 0 aliphatic rings. The van der Waals surface area contributed by atoms with Gasteiger partial charge in [-0.1, -0.05) is 6.07 Å². The van der Waals surface area contributed by atoms with Gasteiger partial charge in [0.15, 0.2) is 5.82 Å². The SMILES string of the molecule is CNC(=O)c1nn(-c2ccccn2)c(N(C)C=O)c1[N+](=O)[O-]. The van der Waals surface area contributed by atoms with E-state index in [9.17, 15) is 19.7 Å². The number of nitrogens with zero attached hydrogens (tertiary/aromatic N) is 5. The molecule has 2 rings (SSSR count). The summed E-state index contributed by atoms with van der Waals surface area (Å²) in [4.78, 5) is 38.5. The lowest BCUT2D eigenvalue weighted by molar-refractivity contribution is -0.384. The van der Waals surface area contributed by atoms with Crippen molar-refractivity contribution in [2.75, 3.05) is 19.0 Å². The summed E-state index contributed by atoms with van der Waals surface area (Å²) in [7, 11) is 2.65. The van der Waals surface area contributed by atoms with Gasteiger partial charge in [-0.2, -0.15) is 9.78 Å². The number of nitrogens with one attached hydrogen (secondary N) is 1. The van der Waals surface area contributed by atoms with Crippen LogP contribution in [0.5, 0.6) is 0 Å². The fourth-order valence-electron chi connectivity index (χ4n) is 1.85. The minimum atomic E-state index is -0.758. The van der Waals surface area contributed by atoms with Crippen LogP contribution in [0.1, 0.15) is 10.5 Å². The molecule has 22 heavy (non-hydrogen) atoms. The molecule has 0 unspecified atom stereocenters. The molecule has 0 aliphatic carbocycles. The number of pyridine rings is 1. The highest BCUT2D eigenvalue weighted by Gasteiger charge is 2.34. The maximum atomic E-state index is 11.8. The van der Waals surface area contributed by atoms with E-state index >= 15 is 0 Å². The zero-order valence-electron chi connectivity index (χ0n) is 11.8. The lowest BCUT2D eigenvalue weighted by Gasteiger charge is -2.11. The molecule has 0 saturated heterocycles. The van der Waals surface area contributed by atoms with Gasteiger partial charge in [-0.25, -0.2) is 4.98 Å². The number of nitro groups is 1. The van der Waals surface area contributed by atoms with Crippen LogP contribution in [0.15, 0.2) is 24.4 Å². The Balaban J connectivity index is 2.80. The van der Waals surface area contributed by atoms with Crippen molar-refractivity contribution >= 4 is 23.8 Å². The van der Waals surface area contributed by atoms with Crippen molar-refractivity contribution < 1.29 is 14.5 Å². The molecule has 2 aromatic rings. The van der Waals surface area contributed by atoms with Gasteiger partial charge in [0.2, 0.25) is 17.9 Å². The van der Waals surface area contributed by atoms with Crippen LogP contribution < -0.4 is 10.2 Å². The standard InChI is InChI=1S/C12H12N6O4/c1-13-11(20)9-10(18(21)22)12(16(2)7-19)17(15-9)8-5-3-4-6-14-8/h3-7H,1-2H3,(H,13,20). The first-order valence-corrected chi connectivity index (χ1v) is 6.10. The van der Waals surface area contributed by atoms with E-state index in [0.717, 1.165) is 9.58 Å². The van der Waals surface area contributed by atoms with E-state index in [-0.39, 0.29) is 11.6 Å². The third-order valence-corrected chi connectivity index (χ3v) is 2.82. The molecular weight excluding hydrogens is 292 g/mol. The third kappa shape index (κ3) is 2.49. The van der Waals surface area contributed by atoms with Crippen molar-refractivity contribution in [2.45, 2.75) is 0 Å². The second-order valence-corrected chi connectivity index (χ2v) is 4.17. The molecule has 1 N–H and O–H groups in total. The second kappa shape index (κ2) is 5.99. The highest BCUT2D eigenvalue weighted by atomic mass is 16.6. The van der Waals surface area contributed by atoms with Crippen molar-refractivity contribution in [3.05, 3.63) is 40.2 Å². The number of anilines is 1. The Bertz CT molecular complexity index is 727. The molecule has 0 aromatic carbocycles. The van der Waals surface area contributed by atoms with Gasteiger partial charge in [-0.05, 0) is 12.1 Å². The Kier molecular flexibility index (Phi) is 4.11. The fraction of sp³-hybridized carbons (Fsp3) is 0.167. The molecule has 114 valence electrons. The van der Waals surface area contributed by atoms with Gasteiger partial charge in [-0.15, -0.1) is 0 Å². The van der Waals surface area contributed by atoms with Crippen LogP contribution in [-0.4, -0.2) is 46.1 Å². The molecule has 10 nitrogen and oxygen atoms in total. The Morgan fingerprint density at radius 1 is 1.50 bits per heavy atom. The van der Waals surface area contributed by atoms with Crippen LogP contribution in [-0.2, 0) is 4.79 Å². The van der Waals surface area contributed by atoms with Crippen LogP contribution in [0, 0.1) is 10.1 Å². The predicted octanol–water partition coefficient (Wildman–Crippen LogP) is 0.128. The maximum absolute atomic E-state index is 11.8. The summed E-state index contributed by atoms with van der Waals surface area (Å²) < 4.78 is 1.08. The molecule has 2 aromatic heterocycles. The van der Waals surface area contributed by atoms with E-state index < -0.39 is 22.2 Å². The Hall–Kier alpha value is -3.30. The van der Waals surface area contributed by atoms with Gasteiger partial charge < -0.3 is 5.32 Å². The first-order chi connectivity index (χ1) is 10.5. The number of hydrogen-bond donors (Lipinski definition) is 1. The fourth-order valence-corrected chi connectivity index (χ4v) is 1.85. The summed E-state index contributed by atoms with van der Waals surface area (Å²) in [6.45, 7) is 0. The van der Waals surface area contributed by atoms with Gasteiger partial charge in [0.25, 0.3) is 5.91 Å². The Morgan fingerprint density at radius 3 is 2.73 bits per heavy atom. The van der Waals surface area contributed by atoms with Gasteiger partial charge in [-0.3, -0.25) is 24.6 Å². The molecule has 2 amide bonds. The summed E-state index contributed by atoms with van der Waals surface area (Å²) in [6, 6.07) is 4.86. The number of rotatable bonds is 5. The van der Waals surface area contributed by atoms with Crippen molar-refractivity contribution in [2.24, 2.45) is 0 Å². The van der Waals surface area contributed by atoms with Gasteiger partial charge in [0.1, 0.15) is 0 Å². The minimum absolute atomic E-state index is 0.155. The molecule has 2 heterocycles. The predicted molar refractivity (Wildman–Crippen MR) is 75.9 cm³/mol. The van der Waals surface area contributed by atoms with Crippen molar-refractivity contribution in [1.82, 2.24) is 20.1 Å². The van der Waals surface area contributed by atoms with E-state index in [4.69, 9.17) is 0 Å². The number of hydrogen-bond acceptors (Lipinski definition) is 6. The van der Waals surface area contributed by atoms with Crippen LogP contribution in [0.3, 0.4) is 0 Å². The summed E-state index contributed by atoms with van der Waals surface area (Å²) in [5, 5.41) is 17.6. The van der Waals surface area contributed by atoms with E-state index in [2.05, 4.69) is 15.4 Å². The minimum Gasteiger partial charge on any atom is -0.353 e. The lowest BCUT2D eigenvalue weighted by atomic mass is 10.3. The summed E-state index contributed by atoms with van der Waals surface area (Å²) >= 11 is 0. The van der Waals surface area contributed by atoms with Crippen LogP contribution in [0.2, 0.25) is 0 Å². The van der Waals surface area contributed by atoms with Crippen LogP contribution in [0.4, 0.5) is 11.5 Å². The summed E-state index contributed by atoms with van der Waals surface area (Å²) in [5.41, 5.74) is -0.971. The molecule has 0 spiro atoms. The van der Waals surface area contributed by atoms with E-state index in [1.54, 1.807) is 18.2 Å². The van der Waals surface area contributed by atoms with E-state index in [1.165, 1.54) is 20.3 Å². The largest absolute Gasteiger partial charge is 0.353 e. The number of amides is 2. The highest BCUT2D eigenvalue weighted by Crippen LogP contribution is 2.32. The molecule has 0 radical (unpaired) electrons. The first-order valence-electron chi connectivity index (χ1n) is 6.10.